The van der Waals surface area contributed by atoms with E-state index in [1.54, 1.807) is 6.20 Å². The van der Waals surface area contributed by atoms with Crippen LogP contribution in [0.25, 0.3) is 0 Å². The summed E-state index contributed by atoms with van der Waals surface area (Å²) in [4.78, 5) is 21.2. The standard InChI is InChI=1S/C17H26N4O/c1-13(14-4-3-7-19-12-14)20-8-10-21(11-9-20)17(22)15-5-2-6-16(15)18/h3-4,7,12-13,15-16H,2,5-6,8-11,18H2,1H3. The summed E-state index contributed by atoms with van der Waals surface area (Å²) in [7, 11) is 0. The molecule has 1 aliphatic heterocycles. The smallest absolute Gasteiger partial charge is 0.227 e. The maximum Gasteiger partial charge on any atom is 0.227 e. The molecule has 2 aliphatic rings. The van der Waals surface area contributed by atoms with Crippen molar-refractivity contribution in [2.24, 2.45) is 11.7 Å². The minimum atomic E-state index is 0.0577. The number of hydrogen-bond donors (Lipinski definition) is 1. The Morgan fingerprint density at radius 3 is 2.68 bits per heavy atom. The Kier molecular flexibility index (Phi) is 4.74. The monoisotopic (exact) mass is 302 g/mol. The first-order valence-electron chi connectivity index (χ1n) is 8.35. The zero-order valence-electron chi connectivity index (χ0n) is 13.3. The number of hydrogen-bond acceptors (Lipinski definition) is 4. The van der Waals surface area contributed by atoms with Crippen molar-refractivity contribution in [3.8, 4) is 0 Å². The number of carbonyl (C=O) groups excluding carboxylic acids is 1. The van der Waals surface area contributed by atoms with E-state index < -0.39 is 0 Å². The fraction of sp³-hybridized carbons (Fsp3) is 0.647. The molecule has 3 atom stereocenters. The van der Waals surface area contributed by atoms with Crippen LogP contribution in [0.5, 0.6) is 0 Å². The number of aromatic nitrogens is 1. The Morgan fingerprint density at radius 2 is 2.09 bits per heavy atom. The Labute approximate surface area is 132 Å². The number of amides is 1. The van der Waals surface area contributed by atoms with Gasteiger partial charge in [-0.1, -0.05) is 12.5 Å². The van der Waals surface area contributed by atoms with Crippen molar-refractivity contribution in [2.45, 2.75) is 38.3 Å². The number of piperazine rings is 1. The minimum absolute atomic E-state index is 0.0577. The van der Waals surface area contributed by atoms with Gasteiger partial charge in [0.1, 0.15) is 0 Å². The van der Waals surface area contributed by atoms with Crippen LogP contribution in [0.3, 0.4) is 0 Å². The molecule has 2 fully saturated rings. The molecule has 3 unspecified atom stereocenters. The molecule has 22 heavy (non-hydrogen) atoms. The molecule has 1 aromatic heterocycles. The van der Waals surface area contributed by atoms with Gasteiger partial charge in [0.15, 0.2) is 0 Å². The van der Waals surface area contributed by atoms with Crippen LogP contribution in [-0.4, -0.2) is 52.9 Å². The van der Waals surface area contributed by atoms with Gasteiger partial charge in [0.25, 0.3) is 0 Å². The fourth-order valence-electron chi connectivity index (χ4n) is 3.69. The molecular weight excluding hydrogens is 276 g/mol. The lowest BCUT2D eigenvalue weighted by atomic mass is 10.0. The summed E-state index contributed by atoms with van der Waals surface area (Å²) in [6, 6.07) is 4.51. The van der Waals surface area contributed by atoms with Gasteiger partial charge in [-0.25, -0.2) is 0 Å². The van der Waals surface area contributed by atoms with Crippen LogP contribution >= 0.6 is 0 Å². The first-order valence-corrected chi connectivity index (χ1v) is 8.35. The third-order valence-electron chi connectivity index (χ3n) is 5.23. The fourth-order valence-corrected chi connectivity index (χ4v) is 3.69. The van der Waals surface area contributed by atoms with Crippen LogP contribution < -0.4 is 5.73 Å². The molecule has 0 bridgehead atoms. The lowest BCUT2D eigenvalue weighted by Crippen LogP contribution is -2.52. The Balaban J connectivity index is 1.55. The number of carbonyl (C=O) groups is 1. The third-order valence-corrected chi connectivity index (χ3v) is 5.23. The van der Waals surface area contributed by atoms with Gasteiger partial charge in [0.2, 0.25) is 5.91 Å². The van der Waals surface area contributed by atoms with Gasteiger partial charge in [-0.05, 0) is 31.4 Å². The summed E-state index contributed by atoms with van der Waals surface area (Å²) in [6.45, 7) is 5.67. The topological polar surface area (TPSA) is 62.5 Å². The molecule has 1 amide bonds. The highest BCUT2D eigenvalue weighted by Crippen LogP contribution is 2.27. The first-order chi connectivity index (χ1) is 10.7. The maximum atomic E-state index is 12.6. The summed E-state index contributed by atoms with van der Waals surface area (Å²) < 4.78 is 0. The van der Waals surface area contributed by atoms with Crippen LogP contribution in [0.1, 0.15) is 37.8 Å². The first kappa shape index (κ1) is 15.4. The van der Waals surface area contributed by atoms with E-state index in [4.69, 9.17) is 5.73 Å². The van der Waals surface area contributed by atoms with Crippen LogP contribution in [-0.2, 0) is 4.79 Å². The highest BCUT2D eigenvalue weighted by Gasteiger charge is 2.34. The molecule has 120 valence electrons. The average molecular weight is 302 g/mol. The van der Waals surface area contributed by atoms with Gasteiger partial charge in [-0.3, -0.25) is 14.7 Å². The molecule has 0 spiro atoms. The van der Waals surface area contributed by atoms with E-state index in [9.17, 15) is 4.79 Å². The van der Waals surface area contributed by atoms with Gasteiger partial charge in [0, 0.05) is 50.7 Å². The Morgan fingerprint density at radius 1 is 1.32 bits per heavy atom. The predicted octanol–water partition coefficient (Wildman–Crippen LogP) is 1.41. The van der Waals surface area contributed by atoms with E-state index in [1.165, 1.54) is 5.56 Å². The van der Waals surface area contributed by atoms with Crippen LogP contribution in [0.2, 0.25) is 0 Å². The van der Waals surface area contributed by atoms with E-state index in [-0.39, 0.29) is 17.9 Å². The molecule has 0 radical (unpaired) electrons. The molecule has 1 aliphatic carbocycles. The lowest BCUT2D eigenvalue weighted by molar-refractivity contribution is -0.137. The second-order valence-electron chi connectivity index (χ2n) is 6.52. The van der Waals surface area contributed by atoms with Crippen molar-refractivity contribution < 1.29 is 4.79 Å². The van der Waals surface area contributed by atoms with Crippen LogP contribution in [0, 0.1) is 5.92 Å². The average Bonchev–Trinajstić information content (AvgIpc) is 3.00. The van der Waals surface area contributed by atoms with Gasteiger partial charge < -0.3 is 10.6 Å². The number of rotatable bonds is 3. The van der Waals surface area contributed by atoms with Gasteiger partial charge in [-0.15, -0.1) is 0 Å². The van der Waals surface area contributed by atoms with Gasteiger partial charge in [0.05, 0.1) is 5.92 Å². The van der Waals surface area contributed by atoms with E-state index in [0.717, 1.165) is 45.4 Å². The highest BCUT2D eigenvalue weighted by molar-refractivity contribution is 5.80. The zero-order chi connectivity index (χ0) is 15.5. The third kappa shape index (κ3) is 3.15. The van der Waals surface area contributed by atoms with Crippen molar-refractivity contribution in [1.82, 2.24) is 14.8 Å². The van der Waals surface area contributed by atoms with Crippen molar-refractivity contribution >= 4 is 5.91 Å². The molecule has 3 rings (SSSR count). The number of nitrogens with zero attached hydrogens (tertiary/aromatic N) is 3. The van der Waals surface area contributed by atoms with E-state index >= 15 is 0 Å². The van der Waals surface area contributed by atoms with Crippen LogP contribution in [0.15, 0.2) is 24.5 Å². The highest BCUT2D eigenvalue weighted by atomic mass is 16.2. The molecule has 5 nitrogen and oxygen atoms in total. The Bertz CT molecular complexity index is 499. The Hall–Kier alpha value is -1.46. The molecule has 0 aromatic carbocycles. The summed E-state index contributed by atoms with van der Waals surface area (Å²) >= 11 is 0. The molecule has 5 heteroatoms. The lowest BCUT2D eigenvalue weighted by Gasteiger charge is -2.39. The second-order valence-corrected chi connectivity index (χ2v) is 6.52. The normalized spacial score (nSPS) is 27.8. The second kappa shape index (κ2) is 6.75. The van der Waals surface area contributed by atoms with E-state index in [2.05, 4.69) is 22.9 Å². The largest absolute Gasteiger partial charge is 0.340 e. The van der Waals surface area contributed by atoms with E-state index in [1.807, 2.05) is 17.2 Å². The predicted molar refractivity (Wildman–Crippen MR) is 86.1 cm³/mol. The maximum absolute atomic E-state index is 12.6. The molecule has 2 N–H and O–H groups in total. The quantitative estimate of drug-likeness (QED) is 0.917. The van der Waals surface area contributed by atoms with Gasteiger partial charge >= 0.3 is 0 Å². The van der Waals surface area contributed by atoms with Crippen LogP contribution in [0.4, 0.5) is 0 Å². The van der Waals surface area contributed by atoms with Crippen molar-refractivity contribution in [2.75, 3.05) is 26.2 Å². The number of nitrogens with two attached hydrogens (primary N) is 1. The van der Waals surface area contributed by atoms with Crippen molar-refractivity contribution in [3.05, 3.63) is 30.1 Å². The SMILES string of the molecule is CC(c1cccnc1)N1CCN(C(=O)C2CCCC2N)CC1. The zero-order valence-corrected chi connectivity index (χ0v) is 13.3. The molecule has 1 aromatic rings. The van der Waals surface area contributed by atoms with Crippen molar-refractivity contribution in [1.29, 1.82) is 0 Å². The summed E-state index contributed by atoms with van der Waals surface area (Å²) in [6.07, 6.45) is 6.79. The van der Waals surface area contributed by atoms with Gasteiger partial charge in [-0.2, -0.15) is 0 Å². The molecular formula is C17H26N4O. The number of pyridine rings is 1. The molecule has 2 heterocycles. The minimum Gasteiger partial charge on any atom is -0.340 e. The summed E-state index contributed by atoms with van der Waals surface area (Å²) in [5.74, 6) is 0.334. The molecule has 1 saturated carbocycles. The van der Waals surface area contributed by atoms with Crippen molar-refractivity contribution in [3.63, 3.8) is 0 Å². The summed E-state index contributed by atoms with van der Waals surface area (Å²) in [5.41, 5.74) is 7.31. The molecule has 1 saturated heterocycles. The van der Waals surface area contributed by atoms with E-state index in [0.29, 0.717) is 6.04 Å². The summed E-state index contributed by atoms with van der Waals surface area (Å²) in [5, 5.41) is 0.